The van der Waals surface area contributed by atoms with Gasteiger partial charge in [0.05, 0.1) is 25.8 Å². The number of nitrogens with zero attached hydrogens (tertiary/aromatic N) is 4. The second-order valence-corrected chi connectivity index (χ2v) is 6.63. The molecule has 1 aliphatic carbocycles. The van der Waals surface area contributed by atoms with E-state index in [9.17, 15) is 0 Å². The highest BCUT2D eigenvalue weighted by molar-refractivity contribution is 5.13. The lowest BCUT2D eigenvalue weighted by Gasteiger charge is -2.34. The van der Waals surface area contributed by atoms with E-state index in [0.717, 1.165) is 24.9 Å². The first kappa shape index (κ1) is 14.9. The van der Waals surface area contributed by atoms with Gasteiger partial charge in [0.15, 0.2) is 5.82 Å². The first-order chi connectivity index (χ1) is 11.3. The third-order valence-corrected chi connectivity index (χ3v) is 5.11. The molecule has 2 aromatic rings. The smallest absolute Gasteiger partial charge is 0.240 e. The Kier molecular flexibility index (Phi) is 4.18. The summed E-state index contributed by atoms with van der Waals surface area (Å²) in [4.78, 5) is 7.04. The molecule has 0 bridgehead atoms. The molecule has 2 aliphatic rings. The molecular weight excluding hydrogens is 292 g/mol. The van der Waals surface area contributed by atoms with Crippen LogP contribution < -0.4 is 0 Å². The second kappa shape index (κ2) is 6.45. The number of ether oxygens (including phenoxy) is 1. The number of aromatic nitrogens is 3. The first-order valence-electron chi connectivity index (χ1n) is 8.57. The van der Waals surface area contributed by atoms with E-state index in [-0.39, 0.29) is 6.04 Å². The van der Waals surface area contributed by atoms with E-state index >= 15 is 0 Å². The zero-order valence-corrected chi connectivity index (χ0v) is 13.6. The number of rotatable bonds is 4. The van der Waals surface area contributed by atoms with Crippen LogP contribution in [0.4, 0.5) is 0 Å². The van der Waals surface area contributed by atoms with Gasteiger partial charge in [-0.1, -0.05) is 18.0 Å². The molecule has 3 heterocycles. The van der Waals surface area contributed by atoms with E-state index in [1.807, 2.05) is 0 Å². The van der Waals surface area contributed by atoms with E-state index < -0.39 is 0 Å². The maximum absolute atomic E-state index is 5.69. The van der Waals surface area contributed by atoms with Gasteiger partial charge in [0, 0.05) is 31.4 Å². The molecule has 0 aromatic carbocycles. The zero-order chi connectivity index (χ0) is 15.6. The van der Waals surface area contributed by atoms with Crippen molar-refractivity contribution < 1.29 is 9.26 Å². The van der Waals surface area contributed by atoms with Crippen LogP contribution in [0.3, 0.4) is 0 Å². The summed E-state index contributed by atoms with van der Waals surface area (Å²) in [5.74, 6) is 2.13. The minimum Gasteiger partial charge on any atom is -0.378 e. The van der Waals surface area contributed by atoms with Gasteiger partial charge in [0.25, 0.3) is 0 Å². The molecule has 2 aromatic heterocycles. The number of hydrogen-bond acceptors (Lipinski definition) is 5. The van der Waals surface area contributed by atoms with Crippen LogP contribution in [0.15, 0.2) is 22.9 Å². The molecule has 23 heavy (non-hydrogen) atoms. The van der Waals surface area contributed by atoms with E-state index in [2.05, 4.69) is 45.0 Å². The molecule has 6 heteroatoms. The van der Waals surface area contributed by atoms with Gasteiger partial charge in [-0.3, -0.25) is 4.90 Å². The molecular formula is C17H24N4O2. The molecule has 0 amide bonds. The van der Waals surface area contributed by atoms with Crippen LogP contribution in [0, 0.1) is 0 Å². The van der Waals surface area contributed by atoms with Crippen LogP contribution in [0.1, 0.15) is 55.1 Å². The Hall–Kier alpha value is -1.66. The molecule has 1 atom stereocenters. The van der Waals surface area contributed by atoms with Crippen LogP contribution in [0.5, 0.6) is 0 Å². The molecule has 1 aliphatic heterocycles. The summed E-state index contributed by atoms with van der Waals surface area (Å²) >= 11 is 0. The summed E-state index contributed by atoms with van der Waals surface area (Å²) in [5, 5.41) is 4.22. The second-order valence-electron chi connectivity index (χ2n) is 6.63. The third-order valence-electron chi connectivity index (χ3n) is 5.11. The molecule has 1 saturated heterocycles. The molecule has 1 saturated carbocycles. The average molecular weight is 316 g/mol. The topological polar surface area (TPSA) is 56.3 Å². The number of morpholine rings is 1. The monoisotopic (exact) mass is 316 g/mol. The lowest BCUT2D eigenvalue weighted by molar-refractivity contribution is -0.0192. The maximum atomic E-state index is 5.69. The Bertz CT molecular complexity index is 645. The fraction of sp³-hybridized carbons (Fsp3) is 0.647. The van der Waals surface area contributed by atoms with Gasteiger partial charge in [-0.2, -0.15) is 4.98 Å². The van der Waals surface area contributed by atoms with Crippen LogP contribution >= 0.6 is 0 Å². The van der Waals surface area contributed by atoms with Crippen molar-refractivity contribution in [1.82, 2.24) is 19.6 Å². The Morgan fingerprint density at radius 2 is 2.17 bits per heavy atom. The quantitative estimate of drug-likeness (QED) is 0.868. The molecule has 124 valence electrons. The van der Waals surface area contributed by atoms with E-state index in [1.165, 1.54) is 31.4 Å². The number of hydrogen-bond donors (Lipinski definition) is 0. The summed E-state index contributed by atoms with van der Waals surface area (Å²) in [6, 6.07) is 4.47. The van der Waals surface area contributed by atoms with Crippen LogP contribution in [-0.2, 0) is 18.3 Å². The van der Waals surface area contributed by atoms with Crippen molar-refractivity contribution in [2.45, 2.75) is 44.2 Å². The average Bonchev–Trinajstić information content (AvgIpc) is 3.29. The molecule has 6 nitrogen and oxygen atoms in total. The van der Waals surface area contributed by atoms with Gasteiger partial charge in [-0.15, -0.1) is 0 Å². The summed E-state index contributed by atoms with van der Waals surface area (Å²) in [5.41, 5.74) is 1.26. The minimum absolute atomic E-state index is 0.241. The summed E-state index contributed by atoms with van der Waals surface area (Å²) < 4.78 is 13.4. The molecule has 2 fully saturated rings. The lowest BCUT2D eigenvalue weighted by atomic mass is 10.1. The maximum Gasteiger partial charge on any atom is 0.240 e. The SMILES string of the molecule is Cn1cccc1C1COCCN1Cc1nc(C2CCCC2)no1. The largest absolute Gasteiger partial charge is 0.378 e. The standard InChI is InChI=1S/C17H24N4O2/c1-20-8-4-7-14(20)15-12-22-10-9-21(15)11-16-18-17(19-23-16)13-5-2-3-6-13/h4,7-8,13,15H,2-3,5-6,9-12H2,1H3. The van der Waals surface area contributed by atoms with Gasteiger partial charge in [-0.25, -0.2) is 0 Å². The lowest BCUT2D eigenvalue weighted by Crippen LogP contribution is -2.39. The Balaban J connectivity index is 1.49. The first-order valence-corrected chi connectivity index (χ1v) is 8.57. The van der Waals surface area contributed by atoms with Crippen molar-refractivity contribution in [3.05, 3.63) is 35.7 Å². The van der Waals surface area contributed by atoms with Crippen molar-refractivity contribution >= 4 is 0 Å². The van der Waals surface area contributed by atoms with Crippen LogP contribution in [0.25, 0.3) is 0 Å². The highest BCUT2D eigenvalue weighted by atomic mass is 16.5. The van der Waals surface area contributed by atoms with E-state index in [0.29, 0.717) is 19.1 Å². The van der Waals surface area contributed by atoms with Crippen molar-refractivity contribution in [2.24, 2.45) is 7.05 Å². The molecule has 0 N–H and O–H groups in total. The molecule has 0 spiro atoms. The van der Waals surface area contributed by atoms with E-state index in [1.54, 1.807) is 0 Å². The predicted molar refractivity (Wildman–Crippen MR) is 84.9 cm³/mol. The summed E-state index contributed by atoms with van der Waals surface area (Å²) in [6.07, 6.45) is 7.04. The van der Waals surface area contributed by atoms with Gasteiger partial charge in [0.2, 0.25) is 5.89 Å². The number of aryl methyl sites for hydroxylation is 1. The van der Waals surface area contributed by atoms with Crippen molar-refractivity contribution in [3.63, 3.8) is 0 Å². The van der Waals surface area contributed by atoms with Crippen molar-refractivity contribution in [3.8, 4) is 0 Å². The van der Waals surface area contributed by atoms with Crippen molar-refractivity contribution in [2.75, 3.05) is 19.8 Å². The van der Waals surface area contributed by atoms with E-state index in [4.69, 9.17) is 9.26 Å². The van der Waals surface area contributed by atoms with Crippen molar-refractivity contribution in [1.29, 1.82) is 0 Å². The normalized spacial score (nSPS) is 23.6. The Labute approximate surface area is 136 Å². The Morgan fingerprint density at radius 1 is 1.30 bits per heavy atom. The zero-order valence-electron chi connectivity index (χ0n) is 13.6. The highest BCUT2D eigenvalue weighted by Crippen LogP contribution is 2.32. The van der Waals surface area contributed by atoms with Gasteiger partial charge >= 0.3 is 0 Å². The minimum atomic E-state index is 0.241. The fourth-order valence-electron chi connectivity index (χ4n) is 3.78. The van der Waals surface area contributed by atoms with Crippen LogP contribution in [-0.4, -0.2) is 39.4 Å². The summed E-state index contributed by atoms with van der Waals surface area (Å²) in [7, 11) is 2.08. The molecule has 4 rings (SSSR count). The molecule has 1 unspecified atom stereocenters. The highest BCUT2D eigenvalue weighted by Gasteiger charge is 2.29. The van der Waals surface area contributed by atoms with Gasteiger partial charge in [0.1, 0.15) is 0 Å². The molecule has 0 radical (unpaired) electrons. The van der Waals surface area contributed by atoms with Gasteiger partial charge in [-0.05, 0) is 25.0 Å². The Morgan fingerprint density at radius 3 is 2.96 bits per heavy atom. The summed E-state index contributed by atoms with van der Waals surface area (Å²) in [6.45, 7) is 3.04. The third kappa shape index (κ3) is 3.05. The van der Waals surface area contributed by atoms with Gasteiger partial charge < -0.3 is 13.8 Å². The fourth-order valence-corrected chi connectivity index (χ4v) is 3.78. The van der Waals surface area contributed by atoms with Crippen LogP contribution in [0.2, 0.25) is 0 Å². The predicted octanol–water partition coefficient (Wildman–Crippen LogP) is 2.64.